The fraction of sp³-hybridized carbons (Fsp3) is 0.565. The molecular formula is C23H31FN2O6S. The van der Waals surface area contributed by atoms with E-state index in [1.165, 1.54) is 0 Å². The van der Waals surface area contributed by atoms with Gasteiger partial charge in [0.05, 0.1) is 35.2 Å². The average molecular weight is 483 g/mol. The molecule has 0 bridgehead atoms. The molecule has 1 atom stereocenters. The van der Waals surface area contributed by atoms with Gasteiger partial charge in [-0.2, -0.15) is 5.26 Å². The second-order valence-corrected chi connectivity index (χ2v) is 10.1. The van der Waals surface area contributed by atoms with E-state index in [0.717, 1.165) is 0 Å². The minimum atomic E-state index is -1.40. The van der Waals surface area contributed by atoms with Gasteiger partial charge in [0.1, 0.15) is 23.9 Å². The molecule has 2 rings (SSSR count). The summed E-state index contributed by atoms with van der Waals surface area (Å²) >= 11 is 0. The number of nitrogens with zero attached hydrogens (tertiary/aromatic N) is 1. The molecule has 0 radical (unpaired) electrons. The molecule has 0 spiro atoms. The summed E-state index contributed by atoms with van der Waals surface area (Å²) in [5, 5.41) is 11.9. The molecule has 0 aliphatic carbocycles. The highest BCUT2D eigenvalue weighted by atomic mass is 32.2. The number of carbonyl (C=O) groups excluding carboxylic acids is 1. The van der Waals surface area contributed by atoms with E-state index in [4.69, 9.17) is 18.9 Å². The predicted molar refractivity (Wildman–Crippen MR) is 121 cm³/mol. The van der Waals surface area contributed by atoms with Gasteiger partial charge in [-0.25, -0.2) is 9.18 Å². The largest absolute Gasteiger partial charge is 0.489 e. The van der Waals surface area contributed by atoms with Crippen LogP contribution in [-0.4, -0.2) is 54.8 Å². The quantitative estimate of drug-likeness (QED) is 0.540. The lowest BCUT2D eigenvalue weighted by atomic mass is 9.83. The van der Waals surface area contributed by atoms with Crippen molar-refractivity contribution in [3.8, 4) is 11.8 Å². The number of hydrogen-bond donors (Lipinski definition) is 1. The molecule has 1 aliphatic heterocycles. The molecule has 10 heteroatoms. The first-order valence-electron chi connectivity index (χ1n) is 10.6. The fourth-order valence-corrected chi connectivity index (χ4v) is 3.73. The van der Waals surface area contributed by atoms with E-state index >= 15 is 0 Å². The van der Waals surface area contributed by atoms with Crippen LogP contribution in [0.4, 0.5) is 9.18 Å². The van der Waals surface area contributed by atoms with Crippen molar-refractivity contribution in [2.45, 2.75) is 44.1 Å². The van der Waals surface area contributed by atoms with Crippen LogP contribution in [0, 0.1) is 16.7 Å². The van der Waals surface area contributed by atoms with Crippen molar-refractivity contribution < 1.29 is 32.3 Å². The van der Waals surface area contributed by atoms with Gasteiger partial charge in [-0.1, -0.05) is 0 Å². The molecule has 1 aromatic carbocycles. The highest BCUT2D eigenvalue weighted by Crippen LogP contribution is 2.30. The molecule has 0 saturated carbocycles. The number of nitrogens with one attached hydrogen (secondary N) is 1. The summed E-state index contributed by atoms with van der Waals surface area (Å²) in [6.45, 7) is 6.35. The Morgan fingerprint density at radius 3 is 2.55 bits per heavy atom. The molecule has 182 valence electrons. The Labute approximate surface area is 196 Å². The molecule has 0 aromatic heterocycles. The van der Waals surface area contributed by atoms with Gasteiger partial charge in [0.25, 0.3) is 0 Å². The number of hydrogen-bond acceptors (Lipinski definition) is 7. The molecule has 8 nitrogen and oxygen atoms in total. The van der Waals surface area contributed by atoms with Crippen LogP contribution < -0.4 is 10.1 Å². The summed E-state index contributed by atoms with van der Waals surface area (Å²) in [4.78, 5) is 12.2. The Balaban J connectivity index is 1.76. The second-order valence-electron chi connectivity index (χ2n) is 8.70. The average Bonchev–Trinajstić information content (AvgIpc) is 2.79. The number of rotatable bonds is 10. The van der Waals surface area contributed by atoms with Crippen LogP contribution >= 0.6 is 0 Å². The van der Waals surface area contributed by atoms with Gasteiger partial charge in [0.15, 0.2) is 0 Å². The van der Waals surface area contributed by atoms with Crippen molar-refractivity contribution in [1.82, 2.24) is 5.32 Å². The highest BCUT2D eigenvalue weighted by molar-refractivity contribution is 7.84. The van der Waals surface area contributed by atoms with Crippen molar-refractivity contribution in [3.63, 3.8) is 0 Å². The number of halogens is 1. The molecule has 1 fully saturated rings. The number of alkyl carbamates (subject to hydrolysis) is 1. The van der Waals surface area contributed by atoms with Gasteiger partial charge in [0.2, 0.25) is 0 Å². The summed E-state index contributed by atoms with van der Waals surface area (Å²) in [5.74, 6) is 0.439. The predicted octanol–water partition coefficient (Wildman–Crippen LogP) is 3.85. The Morgan fingerprint density at radius 2 is 1.97 bits per heavy atom. The first kappa shape index (κ1) is 26.8. The zero-order chi connectivity index (χ0) is 24.3. The lowest BCUT2D eigenvalue weighted by Gasteiger charge is -2.30. The molecule has 1 aromatic rings. The molecule has 1 aliphatic rings. The monoisotopic (exact) mass is 482 g/mol. The van der Waals surface area contributed by atoms with Gasteiger partial charge in [-0.05, 0) is 57.9 Å². The molecule has 1 unspecified atom stereocenters. The molecule has 1 saturated heterocycles. The maximum Gasteiger partial charge on any atom is 0.407 e. The van der Waals surface area contributed by atoms with Crippen LogP contribution in [0.2, 0.25) is 0 Å². The summed E-state index contributed by atoms with van der Waals surface area (Å²) < 4.78 is 47.1. The van der Waals surface area contributed by atoms with E-state index in [1.54, 1.807) is 45.0 Å². The molecule has 1 heterocycles. The van der Waals surface area contributed by atoms with Crippen LogP contribution in [0.1, 0.15) is 33.6 Å². The van der Waals surface area contributed by atoms with E-state index in [0.29, 0.717) is 43.0 Å². The fourth-order valence-electron chi connectivity index (χ4n) is 2.92. The Bertz CT molecular complexity index is 870. The zero-order valence-corrected chi connectivity index (χ0v) is 20.0. The van der Waals surface area contributed by atoms with Crippen LogP contribution in [0.5, 0.6) is 5.75 Å². The normalized spacial score (nSPS) is 17.0. The minimum Gasteiger partial charge on any atom is -0.489 e. The number of amides is 1. The maximum atomic E-state index is 13.1. The maximum absolute atomic E-state index is 13.1. The standard InChI is InChI=1S/C23H31FN2O6S/c1-22(2,3)32-21(27)26-13-18(12-24)14-31-19-4-6-20(7-5-19)33(28)17-30-16-23(15-25)8-10-29-11-9-23/h4-7,12H,8-11,13-14,16-17H2,1-3H3,(H,26,27)/b18-12+. The van der Waals surface area contributed by atoms with E-state index in [1.807, 2.05) is 0 Å². The van der Waals surface area contributed by atoms with E-state index in [-0.39, 0.29) is 31.3 Å². The third-order valence-corrected chi connectivity index (χ3v) is 5.96. The van der Waals surface area contributed by atoms with Crippen LogP contribution in [-0.2, 0) is 25.0 Å². The molecule has 1 N–H and O–H groups in total. The van der Waals surface area contributed by atoms with Crippen molar-refractivity contribution in [2.24, 2.45) is 5.41 Å². The number of ether oxygens (including phenoxy) is 4. The number of benzene rings is 1. The van der Waals surface area contributed by atoms with Crippen LogP contribution in [0.15, 0.2) is 41.1 Å². The summed E-state index contributed by atoms with van der Waals surface area (Å²) in [7, 11) is -1.40. The molecular weight excluding hydrogens is 451 g/mol. The Hall–Kier alpha value is -2.48. The SMILES string of the molecule is CC(C)(C)OC(=O)NC/C(=C\F)COc1ccc(S(=O)COCC2(C#N)CCOCC2)cc1. The highest BCUT2D eigenvalue weighted by Gasteiger charge is 2.33. The lowest BCUT2D eigenvalue weighted by Crippen LogP contribution is -2.34. The summed E-state index contributed by atoms with van der Waals surface area (Å²) in [5.41, 5.74) is -1.00. The first-order chi connectivity index (χ1) is 15.7. The van der Waals surface area contributed by atoms with Gasteiger partial charge in [-0.15, -0.1) is 0 Å². The second kappa shape index (κ2) is 12.7. The van der Waals surface area contributed by atoms with Crippen molar-refractivity contribution in [3.05, 3.63) is 36.2 Å². The van der Waals surface area contributed by atoms with Gasteiger partial charge in [-0.3, -0.25) is 4.21 Å². The molecule has 33 heavy (non-hydrogen) atoms. The van der Waals surface area contributed by atoms with E-state index in [2.05, 4.69) is 11.4 Å². The van der Waals surface area contributed by atoms with E-state index in [9.17, 15) is 18.7 Å². The van der Waals surface area contributed by atoms with Gasteiger partial charge >= 0.3 is 6.09 Å². The zero-order valence-electron chi connectivity index (χ0n) is 19.2. The van der Waals surface area contributed by atoms with Gasteiger partial charge in [0, 0.05) is 30.2 Å². The van der Waals surface area contributed by atoms with Crippen molar-refractivity contribution in [1.29, 1.82) is 5.26 Å². The number of carbonyl (C=O) groups is 1. The Morgan fingerprint density at radius 1 is 1.30 bits per heavy atom. The van der Waals surface area contributed by atoms with Crippen LogP contribution in [0.25, 0.3) is 0 Å². The van der Waals surface area contributed by atoms with Crippen LogP contribution in [0.3, 0.4) is 0 Å². The Kier molecular flexibility index (Phi) is 10.3. The summed E-state index contributed by atoms with van der Waals surface area (Å²) in [6, 6.07) is 8.84. The topological polar surface area (TPSA) is 107 Å². The number of nitriles is 1. The minimum absolute atomic E-state index is 0.0183. The van der Waals surface area contributed by atoms with Gasteiger partial charge < -0.3 is 24.3 Å². The van der Waals surface area contributed by atoms with Crippen molar-refractivity contribution >= 4 is 16.9 Å². The molecule has 1 amide bonds. The first-order valence-corrected chi connectivity index (χ1v) is 11.9. The summed E-state index contributed by atoms with van der Waals surface area (Å²) in [6.07, 6.45) is 0.938. The third kappa shape index (κ3) is 9.50. The lowest BCUT2D eigenvalue weighted by molar-refractivity contribution is -0.00150. The van der Waals surface area contributed by atoms with Crippen molar-refractivity contribution in [2.75, 3.05) is 38.9 Å². The van der Waals surface area contributed by atoms with E-state index < -0.39 is 27.9 Å². The third-order valence-electron chi connectivity index (χ3n) is 4.78. The smallest absolute Gasteiger partial charge is 0.407 e.